The molecule has 1 amide bonds. The lowest BCUT2D eigenvalue weighted by molar-refractivity contribution is 0.0980. The van der Waals surface area contributed by atoms with E-state index in [-0.39, 0.29) is 5.91 Å². The van der Waals surface area contributed by atoms with Crippen LogP contribution in [0.4, 0.5) is 5.69 Å². The molecule has 0 radical (unpaired) electrons. The number of carbonyl (C=O) groups is 1. The topological polar surface area (TPSA) is 51.0 Å². The lowest BCUT2D eigenvalue weighted by atomic mass is 9.98. The van der Waals surface area contributed by atoms with Crippen molar-refractivity contribution in [2.45, 2.75) is 26.8 Å². The molecule has 5 nitrogen and oxygen atoms in total. The SMILES string of the molecule is Cc1cc(C)n(Cc2cncc(N3CCc4cc(Cl)ccc4C3=O)c2)n1. The quantitative estimate of drug-likeness (QED) is 0.708. The predicted octanol–water partition coefficient (Wildman–Crippen LogP) is 3.80. The van der Waals surface area contributed by atoms with Crippen molar-refractivity contribution in [3.8, 4) is 0 Å². The third kappa shape index (κ3) is 3.10. The van der Waals surface area contributed by atoms with Gasteiger partial charge in [-0.15, -0.1) is 0 Å². The van der Waals surface area contributed by atoms with Gasteiger partial charge in [-0.2, -0.15) is 5.10 Å². The van der Waals surface area contributed by atoms with Crippen LogP contribution < -0.4 is 4.90 Å². The van der Waals surface area contributed by atoms with E-state index in [1.54, 1.807) is 23.2 Å². The van der Waals surface area contributed by atoms with Crippen molar-refractivity contribution in [1.29, 1.82) is 0 Å². The second-order valence-corrected chi connectivity index (χ2v) is 7.08. The van der Waals surface area contributed by atoms with E-state index in [1.165, 1.54) is 0 Å². The zero-order valence-electron chi connectivity index (χ0n) is 14.7. The van der Waals surface area contributed by atoms with Crippen molar-refractivity contribution in [2.75, 3.05) is 11.4 Å². The minimum absolute atomic E-state index is 0.00650. The summed E-state index contributed by atoms with van der Waals surface area (Å²) >= 11 is 6.05. The number of pyridine rings is 1. The molecule has 26 heavy (non-hydrogen) atoms. The normalized spacial score (nSPS) is 13.8. The molecule has 0 fully saturated rings. The fourth-order valence-corrected chi connectivity index (χ4v) is 3.61. The summed E-state index contributed by atoms with van der Waals surface area (Å²) in [6, 6.07) is 9.51. The van der Waals surface area contributed by atoms with Gasteiger partial charge in [0.25, 0.3) is 5.91 Å². The fraction of sp³-hybridized carbons (Fsp3) is 0.250. The molecule has 0 saturated carbocycles. The summed E-state index contributed by atoms with van der Waals surface area (Å²) in [5.41, 5.74) is 5.65. The first kappa shape index (κ1) is 16.8. The summed E-state index contributed by atoms with van der Waals surface area (Å²) in [5, 5.41) is 5.16. The first-order chi connectivity index (χ1) is 12.5. The highest BCUT2D eigenvalue weighted by molar-refractivity contribution is 6.30. The van der Waals surface area contributed by atoms with Gasteiger partial charge in [-0.05, 0) is 61.7 Å². The minimum Gasteiger partial charge on any atom is -0.306 e. The number of hydrogen-bond acceptors (Lipinski definition) is 3. The van der Waals surface area contributed by atoms with Crippen LogP contribution in [-0.4, -0.2) is 27.2 Å². The number of benzene rings is 1. The maximum atomic E-state index is 12.9. The summed E-state index contributed by atoms with van der Waals surface area (Å²) in [4.78, 5) is 19.0. The monoisotopic (exact) mass is 366 g/mol. The molecular weight excluding hydrogens is 348 g/mol. The third-order valence-corrected chi connectivity index (χ3v) is 4.91. The molecule has 132 valence electrons. The number of rotatable bonds is 3. The van der Waals surface area contributed by atoms with Gasteiger partial charge in [0.05, 0.1) is 24.1 Å². The Balaban J connectivity index is 1.61. The molecule has 0 N–H and O–H groups in total. The Morgan fingerprint density at radius 2 is 2.00 bits per heavy atom. The van der Waals surface area contributed by atoms with Crippen LogP contribution >= 0.6 is 11.6 Å². The van der Waals surface area contributed by atoms with E-state index in [0.717, 1.165) is 34.6 Å². The summed E-state index contributed by atoms with van der Waals surface area (Å²) in [6.07, 6.45) is 4.34. The molecule has 3 aromatic rings. The molecule has 0 saturated heterocycles. The standard InChI is InChI=1S/C20H19ClN4O/c1-13-7-14(2)25(23-13)12-15-8-18(11-22-10-15)24-6-5-16-9-17(21)3-4-19(16)20(24)26/h3-4,7-11H,5-6,12H2,1-2H3. The van der Waals surface area contributed by atoms with E-state index in [0.29, 0.717) is 23.7 Å². The molecule has 4 rings (SSSR count). The van der Waals surface area contributed by atoms with E-state index in [9.17, 15) is 4.79 Å². The van der Waals surface area contributed by atoms with E-state index >= 15 is 0 Å². The predicted molar refractivity (Wildman–Crippen MR) is 102 cm³/mol. The summed E-state index contributed by atoms with van der Waals surface area (Å²) in [7, 11) is 0. The molecule has 2 aromatic heterocycles. The molecule has 1 aliphatic heterocycles. The van der Waals surface area contributed by atoms with Gasteiger partial charge in [0.2, 0.25) is 0 Å². The van der Waals surface area contributed by atoms with Crippen molar-refractivity contribution < 1.29 is 4.79 Å². The van der Waals surface area contributed by atoms with E-state index in [4.69, 9.17) is 11.6 Å². The number of amides is 1. The lowest BCUT2D eigenvalue weighted by Crippen LogP contribution is -2.37. The van der Waals surface area contributed by atoms with Gasteiger partial charge in [-0.25, -0.2) is 0 Å². The molecule has 3 heterocycles. The molecule has 0 spiro atoms. The van der Waals surface area contributed by atoms with E-state index < -0.39 is 0 Å². The molecule has 1 aromatic carbocycles. The summed E-state index contributed by atoms with van der Waals surface area (Å²) in [5.74, 6) is -0.00650. The first-order valence-electron chi connectivity index (χ1n) is 8.56. The van der Waals surface area contributed by atoms with Crippen LogP contribution in [0.1, 0.15) is 32.9 Å². The molecule has 1 aliphatic rings. The fourth-order valence-electron chi connectivity index (χ4n) is 3.42. The largest absolute Gasteiger partial charge is 0.306 e. The van der Waals surface area contributed by atoms with Crippen LogP contribution in [0.25, 0.3) is 0 Å². The Morgan fingerprint density at radius 3 is 2.77 bits per heavy atom. The molecule has 0 unspecified atom stereocenters. The van der Waals surface area contributed by atoms with Crippen molar-refractivity contribution in [2.24, 2.45) is 0 Å². The van der Waals surface area contributed by atoms with Crippen molar-refractivity contribution >= 4 is 23.2 Å². The van der Waals surface area contributed by atoms with Gasteiger partial charge < -0.3 is 4.90 Å². The molecule has 0 bridgehead atoms. The molecule has 0 aliphatic carbocycles. The van der Waals surface area contributed by atoms with Crippen molar-refractivity contribution in [3.63, 3.8) is 0 Å². The van der Waals surface area contributed by atoms with Gasteiger partial charge in [0.15, 0.2) is 0 Å². The Bertz CT molecular complexity index is 995. The lowest BCUT2D eigenvalue weighted by Gasteiger charge is -2.28. The smallest absolute Gasteiger partial charge is 0.258 e. The number of hydrogen-bond donors (Lipinski definition) is 0. The maximum Gasteiger partial charge on any atom is 0.258 e. The minimum atomic E-state index is -0.00650. The first-order valence-corrected chi connectivity index (χ1v) is 8.94. The molecule has 6 heteroatoms. The Hall–Kier alpha value is -2.66. The van der Waals surface area contributed by atoms with E-state index in [2.05, 4.69) is 10.1 Å². The van der Waals surface area contributed by atoms with Crippen LogP contribution in [0, 0.1) is 13.8 Å². The van der Waals surface area contributed by atoms with Crippen LogP contribution in [0.15, 0.2) is 42.7 Å². The number of nitrogens with zero attached hydrogens (tertiary/aromatic N) is 4. The van der Waals surface area contributed by atoms with Gasteiger partial charge in [0.1, 0.15) is 0 Å². The number of aryl methyl sites for hydroxylation is 2. The number of halogens is 1. The molecule has 0 atom stereocenters. The van der Waals surface area contributed by atoms with Gasteiger partial charge >= 0.3 is 0 Å². The van der Waals surface area contributed by atoms with Gasteiger partial charge in [0, 0.05) is 29.0 Å². The highest BCUT2D eigenvalue weighted by Gasteiger charge is 2.26. The van der Waals surface area contributed by atoms with Crippen LogP contribution in [0.2, 0.25) is 5.02 Å². The average Bonchev–Trinajstić information content (AvgIpc) is 2.92. The zero-order valence-corrected chi connectivity index (χ0v) is 15.5. The van der Waals surface area contributed by atoms with Crippen LogP contribution in [0.3, 0.4) is 0 Å². The highest BCUT2D eigenvalue weighted by atomic mass is 35.5. The van der Waals surface area contributed by atoms with Gasteiger partial charge in [-0.3, -0.25) is 14.5 Å². The Kier molecular flexibility index (Phi) is 4.24. The highest BCUT2D eigenvalue weighted by Crippen LogP contribution is 2.26. The summed E-state index contributed by atoms with van der Waals surface area (Å²) in [6.45, 7) is 5.27. The number of fused-ring (bicyclic) bond motifs is 1. The van der Waals surface area contributed by atoms with Crippen molar-refractivity contribution in [3.05, 3.63) is 75.8 Å². The molecular formula is C20H19ClN4O. The number of aromatic nitrogens is 3. The number of anilines is 1. The zero-order chi connectivity index (χ0) is 18.3. The second-order valence-electron chi connectivity index (χ2n) is 6.64. The van der Waals surface area contributed by atoms with Crippen LogP contribution in [0.5, 0.6) is 0 Å². The Morgan fingerprint density at radius 1 is 1.15 bits per heavy atom. The van der Waals surface area contributed by atoms with E-state index in [1.807, 2.05) is 42.9 Å². The second kappa shape index (κ2) is 6.57. The van der Waals surface area contributed by atoms with Gasteiger partial charge in [-0.1, -0.05) is 11.6 Å². The Labute approximate surface area is 157 Å². The van der Waals surface area contributed by atoms with Crippen LogP contribution in [-0.2, 0) is 13.0 Å². The summed E-state index contributed by atoms with van der Waals surface area (Å²) < 4.78 is 1.95. The average molecular weight is 367 g/mol. The third-order valence-electron chi connectivity index (χ3n) is 4.68. The van der Waals surface area contributed by atoms with Crippen molar-refractivity contribution in [1.82, 2.24) is 14.8 Å². The number of carbonyl (C=O) groups excluding carboxylic acids is 1. The maximum absolute atomic E-state index is 12.9.